The lowest BCUT2D eigenvalue weighted by Gasteiger charge is -2.25. The summed E-state index contributed by atoms with van der Waals surface area (Å²) < 4.78 is 0. The fourth-order valence-corrected chi connectivity index (χ4v) is 2.87. The number of aliphatic hydroxyl groups excluding tert-OH is 1. The molecular weight excluding hydrogens is 228 g/mol. The zero-order valence-electron chi connectivity index (χ0n) is 11.6. The molecule has 1 aliphatic heterocycles. The van der Waals surface area contributed by atoms with E-state index in [0.717, 1.165) is 45.1 Å². The summed E-state index contributed by atoms with van der Waals surface area (Å²) in [7, 11) is 0. The molecule has 0 radical (unpaired) electrons. The highest BCUT2D eigenvalue weighted by Gasteiger charge is 2.27. The van der Waals surface area contributed by atoms with Gasteiger partial charge in [-0.25, -0.2) is 0 Å². The summed E-state index contributed by atoms with van der Waals surface area (Å²) in [4.78, 5) is 14.1. The van der Waals surface area contributed by atoms with E-state index in [1.54, 1.807) is 0 Å². The Balaban J connectivity index is 2.35. The summed E-state index contributed by atoms with van der Waals surface area (Å²) in [6.07, 6.45) is 6.57. The third-order valence-electron chi connectivity index (χ3n) is 4.08. The van der Waals surface area contributed by atoms with Crippen LogP contribution in [-0.2, 0) is 4.79 Å². The molecule has 1 amide bonds. The molecule has 1 aliphatic rings. The minimum absolute atomic E-state index is 0.180. The van der Waals surface area contributed by atoms with Gasteiger partial charge in [0.05, 0.1) is 0 Å². The SMILES string of the molecule is CCC(CCN)CCC(=O)N1CCCC1CCO. The Morgan fingerprint density at radius 2 is 2.28 bits per heavy atom. The Morgan fingerprint density at radius 1 is 1.50 bits per heavy atom. The number of amides is 1. The molecule has 18 heavy (non-hydrogen) atoms. The van der Waals surface area contributed by atoms with Crippen LogP contribution in [-0.4, -0.2) is 41.7 Å². The second-order valence-electron chi connectivity index (χ2n) is 5.29. The lowest BCUT2D eigenvalue weighted by molar-refractivity contribution is -0.132. The Labute approximate surface area is 111 Å². The van der Waals surface area contributed by atoms with Crippen LogP contribution in [0.5, 0.6) is 0 Å². The molecule has 0 bridgehead atoms. The van der Waals surface area contributed by atoms with Gasteiger partial charge in [0.15, 0.2) is 0 Å². The van der Waals surface area contributed by atoms with Crippen LogP contribution in [0.25, 0.3) is 0 Å². The summed E-state index contributed by atoms with van der Waals surface area (Å²) in [6, 6.07) is 0.275. The maximum absolute atomic E-state index is 12.2. The molecule has 0 aromatic carbocycles. The zero-order valence-corrected chi connectivity index (χ0v) is 11.6. The molecule has 0 aromatic heterocycles. The average molecular weight is 256 g/mol. The number of nitrogens with zero attached hydrogens (tertiary/aromatic N) is 1. The molecule has 4 heteroatoms. The number of likely N-dealkylation sites (tertiary alicyclic amines) is 1. The van der Waals surface area contributed by atoms with Gasteiger partial charge in [0, 0.05) is 25.6 Å². The number of aliphatic hydroxyl groups is 1. The summed E-state index contributed by atoms with van der Waals surface area (Å²) in [5, 5.41) is 9.00. The van der Waals surface area contributed by atoms with E-state index in [-0.39, 0.29) is 18.6 Å². The smallest absolute Gasteiger partial charge is 0.222 e. The average Bonchev–Trinajstić information content (AvgIpc) is 2.83. The van der Waals surface area contributed by atoms with Crippen molar-refractivity contribution in [2.45, 2.75) is 57.9 Å². The van der Waals surface area contributed by atoms with E-state index in [2.05, 4.69) is 6.92 Å². The van der Waals surface area contributed by atoms with Crippen molar-refractivity contribution in [1.29, 1.82) is 0 Å². The molecule has 1 fully saturated rings. The molecule has 2 atom stereocenters. The van der Waals surface area contributed by atoms with E-state index in [0.29, 0.717) is 18.9 Å². The molecule has 2 unspecified atom stereocenters. The number of rotatable bonds is 8. The van der Waals surface area contributed by atoms with Gasteiger partial charge in [-0.05, 0) is 44.6 Å². The van der Waals surface area contributed by atoms with Crippen molar-refractivity contribution in [3.63, 3.8) is 0 Å². The minimum atomic E-state index is 0.180. The van der Waals surface area contributed by atoms with Crippen molar-refractivity contribution in [3.8, 4) is 0 Å². The second-order valence-corrected chi connectivity index (χ2v) is 5.29. The number of hydrogen-bond acceptors (Lipinski definition) is 3. The van der Waals surface area contributed by atoms with E-state index in [1.807, 2.05) is 4.90 Å². The Bertz CT molecular complexity index is 246. The number of nitrogens with two attached hydrogens (primary N) is 1. The van der Waals surface area contributed by atoms with Crippen LogP contribution >= 0.6 is 0 Å². The molecule has 0 aromatic rings. The van der Waals surface area contributed by atoms with E-state index in [9.17, 15) is 4.79 Å². The van der Waals surface area contributed by atoms with Gasteiger partial charge in [-0.3, -0.25) is 4.79 Å². The van der Waals surface area contributed by atoms with Crippen molar-refractivity contribution < 1.29 is 9.90 Å². The fraction of sp³-hybridized carbons (Fsp3) is 0.929. The van der Waals surface area contributed by atoms with Crippen LogP contribution in [0.15, 0.2) is 0 Å². The summed E-state index contributed by atoms with van der Waals surface area (Å²) >= 11 is 0. The lowest BCUT2D eigenvalue weighted by Crippen LogP contribution is -2.36. The van der Waals surface area contributed by atoms with Crippen LogP contribution < -0.4 is 5.73 Å². The first kappa shape index (κ1) is 15.4. The van der Waals surface area contributed by atoms with Crippen molar-refractivity contribution >= 4 is 5.91 Å². The van der Waals surface area contributed by atoms with Crippen molar-refractivity contribution in [3.05, 3.63) is 0 Å². The quantitative estimate of drug-likeness (QED) is 0.692. The molecule has 0 spiro atoms. The third-order valence-corrected chi connectivity index (χ3v) is 4.08. The maximum Gasteiger partial charge on any atom is 0.222 e. The fourth-order valence-electron chi connectivity index (χ4n) is 2.87. The predicted octanol–water partition coefficient (Wildman–Crippen LogP) is 1.52. The predicted molar refractivity (Wildman–Crippen MR) is 73.1 cm³/mol. The molecular formula is C14H28N2O2. The van der Waals surface area contributed by atoms with Crippen LogP contribution in [0.4, 0.5) is 0 Å². The number of carbonyl (C=O) groups is 1. The molecule has 0 saturated carbocycles. The summed E-state index contributed by atoms with van der Waals surface area (Å²) in [6.45, 7) is 3.93. The number of carbonyl (C=O) groups excluding carboxylic acids is 1. The van der Waals surface area contributed by atoms with Gasteiger partial charge in [-0.1, -0.05) is 13.3 Å². The highest BCUT2D eigenvalue weighted by atomic mass is 16.3. The highest BCUT2D eigenvalue weighted by molar-refractivity contribution is 5.76. The minimum Gasteiger partial charge on any atom is -0.396 e. The monoisotopic (exact) mass is 256 g/mol. The first-order valence-electron chi connectivity index (χ1n) is 7.33. The highest BCUT2D eigenvalue weighted by Crippen LogP contribution is 2.22. The second kappa shape index (κ2) is 8.48. The first-order chi connectivity index (χ1) is 8.72. The first-order valence-corrected chi connectivity index (χ1v) is 7.33. The standard InChI is InChI=1S/C14H28N2O2/c1-2-12(7-9-15)5-6-14(18)16-10-3-4-13(16)8-11-17/h12-13,17H,2-11,15H2,1H3. The van der Waals surface area contributed by atoms with Crippen molar-refractivity contribution in [1.82, 2.24) is 4.90 Å². The topological polar surface area (TPSA) is 66.6 Å². The van der Waals surface area contributed by atoms with Crippen molar-refractivity contribution in [2.24, 2.45) is 11.7 Å². The molecule has 1 rings (SSSR count). The van der Waals surface area contributed by atoms with E-state index < -0.39 is 0 Å². The summed E-state index contributed by atoms with van der Waals surface area (Å²) in [5.41, 5.74) is 5.57. The normalized spacial score (nSPS) is 21.3. The van der Waals surface area contributed by atoms with Crippen LogP contribution in [0, 0.1) is 5.92 Å². The lowest BCUT2D eigenvalue weighted by atomic mass is 9.96. The zero-order chi connectivity index (χ0) is 13.4. The summed E-state index contributed by atoms with van der Waals surface area (Å²) in [5.74, 6) is 0.847. The largest absolute Gasteiger partial charge is 0.396 e. The molecule has 1 heterocycles. The van der Waals surface area contributed by atoms with Crippen molar-refractivity contribution in [2.75, 3.05) is 19.7 Å². The molecule has 106 valence electrons. The van der Waals surface area contributed by atoms with E-state index >= 15 is 0 Å². The van der Waals surface area contributed by atoms with Gasteiger partial charge < -0.3 is 15.7 Å². The Hall–Kier alpha value is -0.610. The molecule has 4 nitrogen and oxygen atoms in total. The van der Waals surface area contributed by atoms with Crippen LogP contribution in [0.2, 0.25) is 0 Å². The van der Waals surface area contributed by atoms with Gasteiger partial charge in [0.25, 0.3) is 0 Å². The van der Waals surface area contributed by atoms with E-state index in [4.69, 9.17) is 10.8 Å². The number of hydrogen-bond donors (Lipinski definition) is 2. The maximum atomic E-state index is 12.2. The van der Waals surface area contributed by atoms with Gasteiger partial charge in [-0.15, -0.1) is 0 Å². The van der Waals surface area contributed by atoms with Gasteiger partial charge in [0.1, 0.15) is 0 Å². The van der Waals surface area contributed by atoms with Gasteiger partial charge in [0.2, 0.25) is 5.91 Å². The van der Waals surface area contributed by atoms with Gasteiger partial charge in [-0.2, -0.15) is 0 Å². The van der Waals surface area contributed by atoms with Crippen LogP contribution in [0.1, 0.15) is 51.9 Å². The molecule has 0 aliphatic carbocycles. The van der Waals surface area contributed by atoms with E-state index in [1.165, 1.54) is 0 Å². The molecule has 1 saturated heterocycles. The van der Waals surface area contributed by atoms with Crippen LogP contribution in [0.3, 0.4) is 0 Å². The Kier molecular flexibility index (Phi) is 7.28. The Morgan fingerprint density at radius 3 is 2.89 bits per heavy atom. The molecule has 3 N–H and O–H groups in total. The third kappa shape index (κ3) is 4.58. The van der Waals surface area contributed by atoms with Gasteiger partial charge >= 0.3 is 0 Å².